The number of benzene rings is 2. The Kier molecular flexibility index (Phi) is 16.8. The second-order valence-electron chi connectivity index (χ2n) is 21.1. The second kappa shape index (κ2) is 22.4. The molecule has 0 radical (unpaired) electrons. The number of hydrogen-bond acceptors (Lipinski definition) is 12. The summed E-state index contributed by atoms with van der Waals surface area (Å²) in [5.41, 5.74) is 5.76. The van der Waals surface area contributed by atoms with Gasteiger partial charge in [-0.2, -0.15) is 0 Å². The highest BCUT2D eigenvalue weighted by Gasteiger charge is 2.47. The summed E-state index contributed by atoms with van der Waals surface area (Å²) in [6.45, 7) is 17.8. The molecule has 0 aromatic heterocycles. The molecular formula is C56H75N3O12. The number of carbonyl (C=O) groups excluding carboxylic acids is 4. The first-order chi connectivity index (χ1) is 33.7. The molecule has 0 spiro atoms. The molecule has 71 heavy (non-hydrogen) atoms. The minimum Gasteiger partial charge on any atom is -0.508 e. The first-order valence-corrected chi connectivity index (χ1v) is 25.3. The molecule has 5 atom stereocenters. The average molecular weight is 982 g/mol. The van der Waals surface area contributed by atoms with E-state index < -0.39 is 41.6 Å². The molecule has 3 amide bonds. The molecule has 5 aliphatic heterocycles. The Labute approximate surface area is 419 Å². The molecule has 5 aliphatic rings. The summed E-state index contributed by atoms with van der Waals surface area (Å²) in [5, 5.41) is 34.2. The molecule has 15 nitrogen and oxygen atoms in total. The summed E-state index contributed by atoms with van der Waals surface area (Å²) in [6.07, 6.45) is 12.2. The van der Waals surface area contributed by atoms with E-state index in [1.54, 1.807) is 18.1 Å². The maximum atomic E-state index is 14.3. The molecule has 3 N–H and O–H groups in total. The van der Waals surface area contributed by atoms with E-state index in [0.29, 0.717) is 91.0 Å². The van der Waals surface area contributed by atoms with Crippen LogP contribution in [0.15, 0.2) is 58.7 Å². The fourth-order valence-corrected chi connectivity index (χ4v) is 10.3. The van der Waals surface area contributed by atoms with Crippen LogP contribution in [0.2, 0.25) is 0 Å². The monoisotopic (exact) mass is 982 g/mol. The Morgan fingerprint density at radius 3 is 1.89 bits per heavy atom. The predicted octanol–water partition coefficient (Wildman–Crippen LogP) is 9.17. The number of phenolic OH excluding ortho intramolecular Hbond substituents is 1. The Morgan fingerprint density at radius 1 is 0.775 bits per heavy atom. The molecule has 1 saturated heterocycles. The topological polar surface area (TPSA) is 185 Å². The number of likely N-dealkylation sites (tertiary alicyclic amines) is 1. The van der Waals surface area contributed by atoms with Crippen molar-refractivity contribution >= 4 is 24.4 Å². The van der Waals surface area contributed by atoms with E-state index in [1.807, 2.05) is 13.8 Å². The van der Waals surface area contributed by atoms with Crippen molar-refractivity contribution in [3.8, 4) is 23.0 Å². The number of nitrogens with zero attached hydrogens (tertiary/aromatic N) is 3. The van der Waals surface area contributed by atoms with Crippen LogP contribution in [0, 0.1) is 0 Å². The van der Waals surface area contributed by atoms with Gasteiger partial charge in [0.2, 0.25) is 0 Å². The molecule has 2 aromatic rings. The quantitative estimate of drug-likeness (QED) is 0.0797. The lowest BCUT2D eigenvalue weighted by molar-refractivity contribution is -0.141. The fourth-order valence-electron chi connectivity index (χ4n) is 10.3. The number of allylic oxidation sites excluding steroid dienone is 8. The Bertz CT molecular complexity index is 2480. The smallest absolute Gasteiger partial charge is 0.415 e. The third-order valence-corrected chi connectivity index (χ3v) is 15.0. The molecule has 0 aliphatic carbocycles. The predicted molar refractivity (Wildman–Crippen MR) is 269 cm³/mol. The minimum atomic E-state index is -1.00. The first kappa shape index (κ1) is 53.2. The van der Waals surface area contributed by atoms with Crippen LogP contribution >= 0.6 is 0 Å². The van der Waals surface area contributed by atoms with E-state index in [9.17, 15) is 34.5 Å². The van der Waals surface area contributed by atoms with Crippen LogP contribution in [0.4, 0.5) is 4.79 Å². The molecule has 5 heterocycles. The largest absolute Gasteiger partial charge is 0.508 e. The van der Waals surface area contributed by atoms with Gasteiger partial charge in [0.1, 0.15) is 34.2 Å². The summed E-state index contributed by atoms with van der Waals surface area (Å²) in [5.74, 6) is 0.0594. The molecule has 15 heteroatoms. The summed E-state index contributed by atoms with van der Waals surface area (Å²) in [4.78, 5) is 58.4. The fraction of sp³-hybridized carbons (Fsp3) is 0.571. The van der Waals surface area contributed by atoms with Gasteiger partial charge < -0.3 is 48.8 Å². The van der Waals surface area contributed by atoms with Crippen LogP contribution in [0.1, 0.15) is 163 Å². The Hall–Kier alpha value is -5.64. The van der Waals surface area contributed by atoms with Gasteiger partial charge in [-0.3, -0.25) is 19.3 Å². The Balaban J connectivity index is 1.05. The van der Waals surface area contributed by atoms with E-state index in [-0.39, 0.29) is 68.0 Å². The molecule has 2 aromatic carbocycles. The van der Waals surface area contributed by atoms with Crippen molar-refractivity contribution < 1.29 is 58.2 Å². The van der Waals surface area contributed by atoms with E-state index in [1.165, 1.54) is 38.2 Å². The normalized spacial score (nSPS) is 23.2. The maximum Gasteiger partial charge on any atom is 0.415 e. The molecule has 0 saturated carbocycles. The van der Waals surface area contributed by atoms with Gasteiger partial charge in [0.25, 0.3) is 18.3 Å². The zero-order valence-electron chi connectivity index (χ0n) is 43.2. The summed E-state index contributed by atoms with van der Waals surface area (Å²) >= 11 is 0. The van der Waals surface area contributed by atoms with E-state index in [0.717, 1.165) is 25.7 Å². The van der Waals surface area contributed by atoms with Crippen molar-refractivity contribution in [2.24, 2.45) is 0 Å². The minimum absolute atomic E-state index is 0.0450. The number of aliphatic hydroxyl groups is 2. The standard InChI is InChI=1S/C56H75N3O12/c1-34(2)15-10-17-36(5)19-12-22-55(7)47(62)27-41-45(61)25-39-44(50(41)70-55)32-59(53(39)65)49(68-33-60)21-14-24-57-31-43-40(52(57)64)26-46(69-54(66)58-29-38(30-58)67-9)42-28-48(63)56(8,71-51(42)43)23-13-20-37(6)18-11-16-35(3)4/h15-16,19-20,25-26,33,38,47-49,61-63H,10-14,17-18,21-24,27-32H2,1-9H3/b36-19+,37-20+/t47-,48-,49+,55+,56+/m0/s1. The first-order valence-electron chi connectivity index (χ1n) is 25.3. The van der Waals surface area contributed by atoms with Crippen LogP contribution in [0.25, 0.3) is 0 Å². The van der Waals surface area contributed by atoms with Gasteiger partial charge in [0.15, 0.2) is 6.23 Å². The van der Waals surface area contributed by atoms with Gasteiger partial charge in [-0.25, -0.2) is 4.79 Å². The van der Waals surface area contributed by atoms with Crippen molar-refractivity contribution in [2.45, 2.75) is 181 Å². The molecule has 386 valence electrons. The number of methoxy groups -OCH3 is 1. The zero-order valence-corrected chi connectivity index (χ0v) is 43.2. The van der Waals surface area contributed by atoms with Gasteiger partial charge in [-0.05, 0) is 125 Å². The highest BCUT2D eigenvalue weighted by molar-refractivity contribution is 6.01. The highest BCUT2D eigenvalue weighted by atomic mass is 16.6. The van der Waals surface area contributed by atoms with E-state index >= 15 is 0 Å². The number of carbonyl (C=O) groups is 4. The van der Waals surface area contributed by atoms with Crippen molar-refractivity contribution in [1.29, 1.82) is 0 Å². The number of aliphatic hydroxyl groups excluding tert-OH is 2. The summed E-state index contributed by atoms with van der Waals surface area (Å²) in [7, 11) is 1.59. The molecular weight excluding hydrogens is 907 g/mol. The third-order valence-electron chi connectivity index (χ3n) is 15.0. The van der Waals surface area contributed by atoms with E-state index in [2.05, 4.69) is 65.8 Å². The SMILES string of the molecule is COC1CN(C(=O)Oc2cc3c(c4c2C[C@H](O)[C@@](C)(CC/C=C(\C)CCC=C(C)C)O4)CN(CCC[C@@H](OC=O)N2Cc4c(cc(O)c5c4O[C@](C)(CC/C=C(\C)CCC=C(C)C)[C@@H](O)C5)C2=O)C3=O)C1. The van der Waals surface area contributed by atoms with Crippen molar-refractivity contribution in [3.63, 3.8) is 0 Å². The Morgan fingerprint density at radius 2 is 1.32 bits per heavy atom. The van der Waals surface area contributed by atoms with E-state index in [4.69, 9.17) is 23.7 Å². The summed E-state index contributed by atoms with van der Waals surface area (Å²) < 4.78 is 30.3. The zero-order chi connectivity index (χ0) is 51.4. The van der Waals surface area contributed by atoms with Gasteiger partial charge in [-0.15, -0.1) is 0 Å². The number of rotatable bonds is 21. The van der Waals surface area contributed by atoms with Gasteiger partial charge >= 0.3 is 6.09 Å². The lowest BCUT2D eigenvalue weighted by Gasteiger charge is -2.41. The van der Waals surface area contributed by atoms with Crippen LogP contribution < -0.4 is 14.2 Å². The third kappa shape index (κ3) is 11.8. The summed E-state index contributed by atoms with van der Waals surface area (Å²) in [6, 6.07) is 2.97. The molecule has 0 bridgehead atoms. The average Bonchev–Trinajstić information content (AvgIpc) is 3.78. The lowest BCUT2D eigenvalue weighted by Crippen LogP contribution is -2.55. The number of phenols is 1. The lowest BCUT2D eigenvalue weighted by atomic mass is 9.84. The number of ether oxygens (including phenoxy) is 5. The molecule has 0 unspecified atom stereocenters. The van der Waals surface area contributed by atoms with Gasteiger partial charge in [0.05, 0.1) is 55.6 Å². The molecule has 1 fully saturated rings. The number of hydrogen-bond donors (Lipinski definition) is 3. The highest BCUT2D eigenvalue weighted by Crippen LogP contribution is 2.49. The van der Waals surface area contributed by atoms with Crippen molar-refractivity contribution in [2.75, 3.05) is 26.7 Å². The second-order valence-corrected chi connectivity index (χ2v) is 21.1. The van der Waals surface area contributed by atoms with Crippen LogP contribution in [0.5, 0.6) is 23.0 Å². The van der Waals surface area contributed by atoms with Crippen molar-refractivity contribution in [1.82, 2.24) is 14.7 Å². The van der Waals surface area contributed by atoms with Crippen LogP contribution in [-0.2, 0) is 40.2 Å². The van der Waals surface area contributed by atoms with Gasteiger partial charge in [0, 0.05) is 55.2 Å². The molecule has 7 rings (SSSR count). The number of amides is 3. The van der Waals surface area contributed by atoms with Crippen LogP contribution in [0.3, 0.4) is 0 Å². The maximum absolute atomic E-state index is 14.3. The van der Waals surface area contributed by atoms with Crippen LogP contribution in [-0.4, -0.2) is 117 Å². The number of fused-ring (bicyclic) bond motifs is 6. The van der Waals surface area contributed by atoms with Crippen molar-refractivity contribution in [3.05, 3.63) is 92.1 Å². The number of aromatic hydroxyl groups is 1. The van der Waals surface area contributed by atoms with Gasteiger partial charge in [-0.1, -0.05) is 46.6 Å².